The van der Waals surface area contributed by atoms with Gasteiger partial charge >= 0.3 is 0 Å². The minimum absolute atomic E-state index is 0.0801. The molecule has 0 unspecified atom stereocenters. The monoisotopic (exact) mass is 440 g/mol. The van der Waals surface area contributed by atoms with Gasteiger partial charge in [0.15, 0.2) is 11.5 Å². The zero-order chi connectivity index (χ0) is 22.3. The van der Waals surface area contributed by atoms with Crippen LogP contribution in [0, 0.1) is 5.41 Å². The van der Waals surface area contributed by atoms with Crippen molar-refractivity contribution in [2.45, 2.75) is 38.8 Å². The van der Waals surface area contributed by atoms with Crippen molar-refractivity contribution >= 4 is 5.91 Å². The molecule has 1 spiro atoms. The Morgan fingerprint density at radius 2 is 2.12 bits per heavy atom. The van der Waals surface area contributed by atoms with Gasteiger partial charge in [-0.15, -0.1) is 0 Å². The molecule has 8 heteroatoms. The van der Waals surface area contributed by atoms with Gasteiger partial charge in [-0.05, 0) is 38.0 Å². The molecule has 2 fully saturated rings. The van der Waals surface area contributed by atoms with Crippen molar-refractivity contribution in [1.82, 2.24) is 19.4 Å². The number of benzene rings is 1. The summed E-state index contributed by atoms with van der Waals surface area (Å²) >= 11 is 0. The van der Waals surface area contributed by atoms with Gasteiger partial charge in [0, 0.05) is 58.0 Å². The topological polar surface area (TPSA) is 69.1 Å². The van der Waals surface area contributed by atoms with Crippen LogP contribution in [-0.2, 0) is 16.1 Å². The van der Waals surface area contributed by atoms with Gasteiger partial charge in [0.05, 0.1) is 24.0 Å². The van der Waals surface area contributed by atoms with Crippen LogP contribution in [0.5, 0.6) is 11.5 Å². The molecule has 1 aromatic heterocycles. The van der Waals surface area contributed by atoms with Crippen molar-refractivity contribution in [3.8, 4) is 11.5 Å². The van der Waals surface area contributed by atoms with Gasteiger partial charge in [0.25, 0.3) is 0 Å². The van der Waals surface area contributed by atoms with E-state index in [-0.39, 0.29) is 18.6 Å². The van der Waals surface area contributed by atoms with Crippen molar-refractivity contribution in [2.75, 3.05) is 46.7 Å². The lowest BCUT2D eigenvalue weighted by molar-refractivity contribution is -0.136. The maximum Gasteiger partial charge on any atom is 0.231 e. The molecule has 0 N–H and O–H groups in total. The van der Waals surface area contributed by atoms with Crippen molar-refractivity contribution in [1.29, 1.82) is 0 Å². The maximum atomic E-state index is 13.7. The molecule has 3 aliphatic rings. The van der Waals surface area contributed by atoms with Crippen LogP contribution >= 0.6 is 0 Å². The van der Waals surface area contributed by atoms with E-state index in [1.54, 1.807) is 7.11 Å². The molecule has 4 heterocycles. The van der Waals surface area contributed by atoms with E-state index in [4.69, 9.17) is 19.2 Å². The third-order valence-electron chi connectivity index (χ3n) is 7.14. The van der Waals surface area contributed by atoms with E-state index >= 15 is 0 Å². The summed E-state index contributed by atoms with van der Waals surface area (Å²) < 4.78 is 18.4. The second kappa shape index (κ2) is 8.41. The van der Waals surface area contributed by atoms with E-state index < -0.39 is 5.41 Å². The van der Waals surface area contributed by atoms with Crippen molar-refractivity contribution in [3.05, 3.63) is 42.0 Å². The Bertz CT molecular complexity index is 990. The number of ether oxygens (including phenoxy) is 3. The summed E-state index contributed by atoms with van der Waals surface area (Å²) in [5, 5.41) is 0. The number of carbonyl (C=O) groups is 1. The Morgan fingerprint density at radius 1 is 1.28 bits per heavy atom. The fourth-order valence-electron chi connectivity index (χ4n) is 5.36. The average molecular weight is 441 g/mol. The molecular formula is C24H32N4O4. The molecule has 8 nitrogen and oxygen atoms in total. The third kappa shape index (κ3) is 3.65. The first-order chi connectivity index (χ1) is 15.5. The molecule has 2 aromatic rings. The highest BCUT2D eigenvalue weighted by atomic mass is 16.7. The molecule has 172 valence electrons. The Labute approximate surface area is 189 Å². The number of carbonyl (C=O) groups excluding carboxylic acids is 1. The Kier molecular flexibility index (Phi) is 5.59. The molecule has 5 rings (SSSR count). The summed E-state index contributed by atoms with van der Waals surface area (Å²) in [6.45, 7) is 8.88. The Balaban J connectivity index is 1.41. The number of aromatic nitrogens is 2. The van der Waals surface area contributed by atoms with Crippen LogP contribution in [0.1, 0.15) is 43.5 Å². The van der Waals surface area contributed by atoms with Crippen LogP contribution in [0.2, 0.25) is 0 Å². The molecule has 2 saturated heterocycles. The van der Waals surface area contributed by atoms with Crippen LogP contribution in [0.25, 0.3) is 0 Å². The van der Waals surface area contributed by atoms with Gasteiger partial charge in [-0.1, -0.05) is 6.07 Å². The number of amides is 1. The highest BCUT2D eigenvalue weighted by molar-refractivity contribution is 5.86. The van der Waals surface area contributed by atoms with Gasteiger partial charge < -0.3 is 23.7 Å². The maximum absolute atomic E-state index is 13.7. The summed E-state index contributed by atoms with van der Waals surface area (Å²) in [6.07, 6.45) is 4.88. The fourth-order valence-corrected chi connectivity index (χ4v) is 5.36. The first-order valence-corrected chi connectivity index (χ1v) is 11.4. The first-order valence-electron chi connectivity index (χ1n) is 11.4. The molecule has 0 aliphatic carbocycles. The number of hydrogen-bond acceptors (Lipinski definition) is 6. The normalized spacial score (nSPS) is 25.1. The van der Waals surface area contributed by atoms with Gasteiger partial charge in [0.2, 0.25) is 12.7 Å². The summed E-state index contributed by atoms with van der Waals surface area (Å²) in [5.41, 5.74) is 1.76. The van der Waals surface area contributed by atoms with Crippen LogP contribution in [0.3, 0.4) is 0 Å². The van der Waals surface area contributed by atoms with Crippen LogP contribution in [0.4, 0.5) is 0 Å². The standard InChI is InChI=1S/C24H32N4O4/c1-17(2)28-13-20(25-15-28)19-12-26(11-18-4-5-21-22(10-18)32-16-31-21)14-24(19)6-7-27(23(24)29)8-9-30-3/h4-5,10,13,15,17,19H,6-9,11-12,14,16H2,1-3H3/t19-,24-/m1/s1. The number of fused-ring (bicyclic) bond motifs is 1. The molecule has 3 aliphatic heterocycles. The minimum atomic E-state index is -0.430. The number of nitrogens with zero attached hydrogens (tertiary/aromatic N) is 4. The Hall–Kier alpha value is -2.58. The lowest BCUT2D eigenvalue weighted by atomic mass is 9.75. The highest BCUT2D eigenvalue weighted by Gasteiger charge is 2.57. The third-order valence-corrected chi connectivity index (χ3v) is 7.14. The van der Waals surface area contributed by atoms with Crippen LogP contribution in [0.15, 0.2) is 30.7 Å². The number of likely N-dealkylation sites (tertiary alicyclic amines) is 2. The highest BCUT2D eigenvalue weighted by Crippen LogP contribution is 2.50. The molecule has 1 amide bonds. The smallest absolute Gasteiger partial charge is 0.231 e. The van der Waals surface area contributed by atoms with E-state index in [1.165, 1.54) is 5.56 Å². The van der Waals surface area contributed by atoms with E-state index in [9.17, 15) is 4.79 Å². The zero-order valence-electron chi connectivity index (χ0n) is 19.1. The molecule has 1 aromatic carbocycles. The quantitative estimate of drug-likeness (QED) is 0.659. The minimum Gasteiger partial charge on any atom is -0.454 e. The summed E-state index contributed by atoms with van der Waals surface area (Å²) in [4.78, 5) is 22.8. The second-order valence-corrected chi connectivity index (χ2v) is 9.44. The first kappa shape index (κ1) is 21.3. The predicted octanol–water partition coefficient (Wildman–Crippen LogP) is 2.66. The summed E-state index contributed by atoms with van der Waals surface area (Å²) in [7, 11) is 1.68. The lowest BCUT2D eigenvalue weighted by Crippen LogP contribution is -2.40. The van der Waals surface area contributed by atoms with Crippen LogP contribution in [-0.4, -0.2) is 71.9 Å². The van der Waals surface area contributed by atoms with Crippen molar-refractivity contribution in [3.63, 3.8) is 0 Å². The summed E-state index contributed by atoms with van der Waals surface area (Å²) in [5.74, 6) is 1.92. The zero-order valence-corrected chi connectivity index (χ0v) is 19.1. The van der Waals surface area contributed by atoms with E-state index in [0.29, 0.717) is 19.2 Å². The molecule has 0 bridgehead atoms. The van der Waals surface area contributed by atoms with E-state index in [2.05, 4.69) is 41.6 Å². The van der Waals surface area contributed by atoms with Gasteiger partial charge in [-0.2, -0.15) is 0 Å². The number of rotatable bonds is 7. The average Bonchev–Trinajstić information content (AvgIpc) is 3.55. The lowest BCUT2D eigenvalue weighted by Gasteiger charge is -2.28. The summed E-state index contributed by atoms with van der Waals surface area (Å²) in [6, 6.07) is 6.45. The van der Waals surface area contributed by atoms with Crippen LogP contribution < -0.4 is 9.47 Å². The van der Waals surface area contributed by atoms with E-state index in [0.717, 1.165) is 49.8 Å². The second-order valence-electron chi connectivity index (χ2n) is 9.44. The molecule has 0 radical (unpaired) electrons. The number of hydrogen-bond donors (Lipinski definition) is 0. The van der Waals surface area contributed by atoms with Gasteiger partial charge in [-0.25, -0.2) is 4.98 Å². The predicted molar refractivity (Wildman–Crippen MR) is 119 cm³/mol. The number of imidazole rings is 1. The molecule has 0 saturated carbocycles. The largest absolute Gasteiger partial charge is 0.454 e. The molecule has 32 heavy (non-hydrogen) atoms. The van der Waals surface area contributed by atoms with Gasteiger partial charge in [0.1, 0.15) is 0 Å². The van der Waals surface area contributed by atoms with Gasteiger partial charge in [-0.3, -0.25) is 9.69 Å². The molecule has 2 atom stereocenters. The van der Waals surface area contributed by atoms with Crippen molar-refractivity contribution in [2.24, 2.45) is 5.41 Å². The van der Waals surface area contributed by atoms with Crippen molar-refractivity contribution < 1.29 is 19.0 Å². The number of methoxy groups -OCH3 is 1. The SMILES string of the molecule is COCCN1CC[C@]2(CN(Cc3ccc4c(c3)OCO4)C[C@@H]2c2cn(C(C)C)cn2)C1=O. The van der Waals surface area contributed by atoms with E-state index in [1.807, 2.05) is 17.3 Å². The fraction of sp³-hybridized carbons (Fsp3) is 0.583. The molecular weight excluding hydrogens is 408 g/mol. The Morgan fingerprint density at radius 3 is 2.91 bits per heavy atom.